The van der Waals surface area contributed by atoms with Gasteiger partial charge in [-0.15, -0.1) is 0 Å². The smallest absolute Gasteiger partial charge is 0.0956 e. The first-order chi connectivity index (χ1) is 11.3. The van der Waals surface area contributed by atoms with Crippen LogP contribution in [0.4, 0.5) is 0 Å². The number of nitrogens with zero attached hydrogens (tertiary/aromatic N) is 2. The van der Waals surface area contributed by atoms with Crippen LogP contribution in [0.25, 0.3) is 11.3 Å². The van der Waals surface area contributed by atoms with Crippen molar-refractivity contribution in [2.45, 2.75) is 37.8 Å². The maximum absolute atomic E-state index is 11.2. The van der Waals surface area contributed by atoms with E-state index in [0.717, 1.165) is 38.9 Å². The van der Waals surface area contributed by atoms with Crippen molar-refractivity contribution in [3.05, 3.63) is 42.4 Å². The fourth-order valence-electron chi connectivity index (χ4n) is 5.18. The first-order valence-electron chi connectivity index (χ1n) is 8.67. The minimum Gasteiger partial charge on any atom is -0.392 e. The largest absolute Gasteiger partial charge is 0.392 e. The van der Waals surface area contributed by atoms with Crippen LogP contribution in [0.2, 0.25) is 0 Å². The number of hydrogen-bond donors (Lipinski definition) is 1. The molecule has 1 aromatic heterocycles. The van der Waals surface area contributed by atoms with Crippen LogP contribution in [-0.2, 0) is 4.74 Å². The Kier molecular flexibility index (Phi) is 2.94. The van der Waals surface area contributed by atoms with Crippen LogP contribution in [0, 0.1) is 11.3 Å². The quantitative estimate of drug-likeness (QED) is 0.881. The Morgan fingerprint density at radius 1 is 1.17 bits per heavy atom. The minimum atomic E-state index is -0.252. The van der Waals surface area contributed by atoms with Crippen LogP contribution in [0.3, 0.4) is 0 Å². The number of rotatable bonds is 1. The summed E-state index contributed by atoms with van der Waals surface area (Å²) in [5, 5.41) is 11.2. The lowest BCUT2D eigenvalue weighted by molar-refractivity contribution is -0.0597. The zero-order valence-electron chi connectivity index (χ0n) is 13.2. The molecule has 3 heterocycles. The van der Waals surface area contributed by atoms with Gasteiger partial charge in [-0.3, -0.25) is 0 Å². The molecule has 3 atom stereocenters. The summed E-state index contributed by atoms with van der Waals surface area (Å²) in [4.78, 5) is 4.35. The lowest BCUT2D eigenvalue weighted by Crippen LogP contribution is -2.40. The lowest BCUT2D eigenvalue weighted by Gasteiger charge is -2.38. The number of aliphatic hydroxyl groups is 1. The number of benzene rings is 1. The Morgan fingerprint density at radius 3 is 2.87 bits per heavy atom. The monoisotopic (exact) mass is 310 g/mol. The van der Waals surface area contributed by atoms with Crippen molar-refractivity contribution in [3.63, 3.8) is 0 Å². The molecule has 120 valence electrons. The Hall–Kier alpha value is -1.65. The predicted molar refractivity (Wildman–Crippen MR) is 87.0 cm³/mol. The summed E-state index contributed by atoms with van der Waals surface area (Å²) in [6.07, 6.45) is 7.82. The molecule has 1 saturated carbocycles. The molecule has 4 heteroatoms. The van der Waals surface area contributed by atoms with Gasteiger partial charge in [0.25, 0.3) is 0 Å². The maximum atomic E-state index is 11.2. The van der Waals surface area contributed by atoms with Crippen LogP contribution in [-0.4, -0.2) is 34.0 Å². The number of aliphatic hydroxyl groups excluding tert-OH is 1. The normalized spacial score (nSPS) is 31.3. The molecule has 0 amide bonds. The summed E-state index contributed by atoms with van der Waals surface area (Å²) in [6, 6.07) is 8.81. The first-order valence-corrected chi connectivity index (χ1v) is 8.67. The van der Waals surface area contributed by atoms with Crippen LogP contribution in [0.1, 0.15) is 37.3 Å². The third-order valence-electron chi connectivity index (χ3n) is 6.42. The third kappa shape index (κ3) is 1.82. The molecule has 5 rings (SSSR count). The topological polar surface area (TPSA) is 47.3 Å². The van der Waals surface area contributed by atoms with E-state index < -0.39 is 0 Å². The number of aromatic nitrogens is 2. The highest BCUT2D eigenvalue weighted by molar-refractivity contribution is 5.69. The van der Waals surface area contributed by atoms with Gasteiger partial charge >= 0.3 is 0 Å². The first kappa shape index (κ1) is 13.8. The van der Waals surface area contributed by atoms with Crippen molar-refractivity contribution in [2.75, 3.05) is 13.2 Å². The van der Waals surface area contributed by atoms with Crippen LogP contribution < -0.4 is 0 Å². The van der Waals surface area contributed by atoms with Gasteiger partial charge in [0.1, 0.15) is 0 Å². The SMILES string of the molecule is O[C@@H]1[C@@H](C2c3ccccc3-c3cncn32)CCC12CCOCC2. The fourth-order valence-corrected chi connectivity index (χ4v) is 5.18. The van der Waals surface area contributed by atoms with Crippen molar-refractivity contribution in [1.82, 2.24) is 9.55 Å². The molecule has 1 aromatic carbocycles. The molecule has 1 saturated heterocycles. The van der Waals surface area contributed by atoms with Crippen molar-refractivity contribution in [3.8, 4) is 11.3 Å². The molecule has 2 fully saturated rings. The van der Waals surface area contributed by atoms with E-state index in [-0.39, 0.29) is 23.5 Å². The molecule has 1 N–H and O–H groups in total. The third-order valence-corrected chi connectivity index (χ3v) is 6.42. The highest BCUT2D eigenvalue weighted by Crippen LogP contribution is 2.55. The molecule has 1 spiro atoms. The minimum absolute atomic E-state index is 0.0706. The molecule has 1 unspecified atom stereocenters. The fraction of sp³-hybridized carbons (Fsp3) is 0.526. The van der Waals surface area contributed by atoms with E-state index >= 15 is 0 Å². The molecule has 0 radical (unpaired) electrons. The second-order valence-electron chi connectivity index (χ2n) is 7.34. The summed E-state index contributed by atoms with van der Waals surface area (Å²) in [6.45, 7) is 1.59. The Bertz CT molecular complexity index is 732. The Labute approximate surface area is 136 Å². The summed E-state index contributed by atoms with van der Waals surface area (Å²) in [7, 11) is 0. The van der Waals surface area contributed by atoms with E-state index in [0.29, 0.717) is 0 Å². The van der Waals surface area contributed by atoms with Crippen molar-refractivity contribution in [1.29, 1.82) is 0 Å². The summed E-state index contributed by atoms with van der Waals surface area (Å²) in [5.74, 6) is 0.268. The van der Waals surface area contributed by atoms with Crippen molar-refractivity contribution < 1.29 is 9.84 Å². The maximum Gasteiger partial charge on any atom is 0.0956 e. The Morgan fingerprint density at radius 2 is 2.00 bits per heavy atom. The van der Waals surface area contributed by atoms with Gasteiger partial charge in [-0.2, -0.15) is 0 Å². The summed E-state index contributed by atoms with van der Waals surface area (Å²) < 4.78 is 7.81. The van der Waals surface area contributed by atoms with Gasteiger partial charge in [0.15, 0.2) is 0 Å². The zero-order chi connectivity index (χ0) is 15.4. The van der Waals surface area contributed by atoms with E-state index in [1.54, 1.807) is 0 Å². The number of hydrogen-bond acceptors (Lipinski definition) is 3. The standard InChI is InChI=1S/C19H22N2O2/c22-18-15(5-6-19(18)7-9-23-10-8-19)17-14-4-2-1-3-13(14)16-11-20-12-21(16)17/h1-4,11-12,15,17-18,22H,5-10H2/t15-,17?,18-/m1/s1. The van der Waals surface area contributed by atoms with Crippen molar-refractivity contribution in [2.24, 2.45) is 11.3 Å². The molecular formula is C19H22N2O2. The molecule has 2 aromatic rings. The molecule has 4 nitrogen and oxygen atoms in total. The molecule has 1 aliphatic carbocycles. The van der Waals surface area contributed by atoms with E-state index in [1.165, 1.54) is 16.8 Å². The molecular weight excluding hydrogens is 288 g/mol. The molecule has 0 bridgehead atoms. The van der Waals surface area contributed by atoms with Gasteiger partial charge in [0, 0.05) is 30.1 Å². The van der Waals surface area contributed by atoms with Gasteiger partial charge in [0.2, 0.25) is 0 Å². The van der Waals surface area contributed by atoms with Crippen LogP contribution >= 0.6 is 0 Å². The highest BCUT2D eigenvalue weighted by Gasteiger charge is 2.52. The highest BCUT2D eigenvalue weighted by atomic mass is 16.5. The van der Waals surface area contributed by atoms with E-state index in [1.807, 2.05) is 12.5 Å². The summed E-state index contributed by atoms with van der Waals surface area (Å²) >= 11 is 0. The van der Waals surface area contributed by atoms with Gasteiger partial charge in [-0.05, 0) is 31.2 Å². The number of ether oxygens (including phenoxy) is 1. The molecule has 2 aliphatic heterocycles. The van der Waals surface area contributed by atoms with Crippen molar-refractivity contribution >= 4 is 0 Å². The average molecular weight is 310 g/mol. The van der Waals surface area contributed by atoms with Gasteiger partial charge < -0.3 is 14.4 Å². The van der Waals surface area contributed by atoms with Crippen LogP contribution in [0.15, 0.2) is 36.8 Å². The second kappa shape index (κ2) is 4.92. The number of imidazole rings is 1. The van der Waals surface area contributed by atoms with Gasteiger partial charge in [-0.25, -0.2) is 4.98 Å². The van der Waals surface area contributed by atoms with E-state index in [2.05, 4.69) is 33.8 Å². The van der Waals surface area contributed by atoms with Crippen LogP contribution in [0.5, 0.6) is 0 Å². The molecule has 3 aliphatic rings. The number of fused-ring (bicyclic) bond motifs is 3. The summed E-state index contributed by atoms with van der Waals surface area (Å²) in [5.41, 5.74) is 3.88. The zero-order valence-corrected chi connectivity index (χ0v) is 13.2. The van der Waals surface area contributed by atoms with E-state index in [9.17, 15) is 5.11 Å². The second-order valence-corrected chi connectivity index (χ2v) is 7.34. The average Bonchev–Trinajstić information content (AvgIpc) is 3.25. The van der Waals surface area contributed by atoms with E-state index in [4.69, 9.17) is 4.74 Å². The predicted octanol–water partition coefficient (Wildman–Crippen LogP) is 3.02. The van der Waals surface area contributed by atoms with Gasteiger partial charge in [0.05, 0.1) is 30.4 Å². The molecule has 23 heavy (non-hydrogen) atoms. The lowest BCUT2D eigenvalue weighted by atomic mass is 9.74. The Balaban J connectivity index is 1.56. The van der Waals surface area contributed by atoms with Gasteiger partial charge in [-0.1, -0.05) is 24.3 Å².